The first kappa shape index (κ1) is 12.8. The van der Waals surface area contributed by atoms with Crippen LogP contribution in [0.1, 0.15) is 5.69 Å². The summed E-state index contributed by atoms with van der Waals surface area (Å²) in [7, 11) is 0. The molecule has 0 saturated heterocycles. The first-order chi connectivity index (χ1) is 9.02. The third-order valence-electron chi connectivity index (χ3n) is 2.26. The number of nitrogens with one attached hydrogen (secondary N) is 1. The van der Waals surface area contributed by atoms with Crippen LogP contribution in [0.15, 0.2) is 24.4 Å². The lowest BCUT2D eigenvalue weighted by Gasteiger charge is -2.09. The van der Waals surface area contributed by atoms with E-state index in [0.29, 0.717) is 0 Å². The van der Waals surface area contributed by atoms with Gasteiger partial charge in [-0.25, -0.2) is 22.5 Å². The first-order valence-electron chi connectivity index (χ1n) is 4.99. The van der Waals surface area contributed by atoms with Crippen LogP contribution in [0.5, 0.6) is 0 Å². The topological polar surface area (TPSA) is 48.7 Å². The minimum absolute atomic E-state index is 0.0114. The molecule has 0 saturated carbocycles. The van der Waals surface area contributed by atoms with E-state index in [1.54, 1.807) is 6.07 Å². The molecule has 0 fully saturated rings. The average molecular weight is 267 g/mol. The van der Waals surface area contributed by atoms with Gasteiger partial charge < -0.3 is 5.32 Å². The van der Waals surface area contributed by atoms with Crippen LogP contribution in [0.2, 0.25) is 0 Å². The second-order valence-electron chi connectivity index (χ2n) is 3.51. The zero-order valence-corrected chi connectivity index (χ0v) is 9.22. The zero-order chi connectivity index (χ0) is 14.0. The van der Waals surface area contributed by atoms with Crippen molar-refractivity contribution in [3.8, 4) is 6.07 Å². The molecule has 1 heterocycles. The second kappa shape index (κ2) is 4.94. The third-order valence-corrected chi connectivity index (χ3v) is 2.26. The molecule has 3 nitrogen and oxygen atoms in total. The van der Waals surface area contributed by atoms with Crippen LogP contribution in [0, 0.1) is 34.6 Å². The fourth-order valence-electron chi connectivity index (χ4n) is 1.40. The molecule has 0 aliphatic heterocycles. The van der Waals surface area contributed by atoms with Gasteiger partial charge in [-0.2, -0.15) is 5.26 Å². The van der Waals surface area contributed by atoms with Gasteiger partial charge in [0.15, 0.2) is 23.3 Å². The van der Waals surface area contributed by atoms with E-state index in [1.807, 2.05) is 0 Å². The Kier molecular flexibility index (Phi) is 3.33. The summed E-state index contributed by atoms with van der Waals surface area (Å²) in [6, 6.07) is 4.31. The maximum absolute atomic E-state index is 13.4. The van der Waals surface area contributed by atoms with Crippen molar-refractivity contribution in [3.05, 3.63) is 53.4 Å². The molecule has 0 aliphatic rings. The average Bonchev–Trinajstić information content (AvgIpc) is 2.41. The fraction of sp³-hybridized carbons (Fsp3) is 0. The lowest BCUT2D eigenvalue weighted by Crippen LogP contribution is -2.03. The predicted molar refractivity (Wildman–Crippen MR) is 58.5 cm³/mol. The Bertz CT molecular complexity index is 653. The SMILES string of the molecule is N#Cc1cc(Nc2c(F)c(F)cc(F)c2F)ccn1. The number of pyridine rings is 1. The van der Waals surface area contributed by atoms with Crippen molar-refractivity contribution in [1.82, 2.24) is 4.98 Å². The van der Waals surface area contributed by atoms with Gasteiger partial charge in [-0.1, -0.05) is 0 Å². The van der Waals surface area contributed by atoms with Crippen molar-refractivity contribution >= 4 is 11.4 Å². The van der Waals surface area contributed by atoms with Crippen LogP contribution in [-0.2, 0) is 0 Å². The van der Waals surface area contributed by atoms with Gasteiger partial charge in [-0.3, -0.25) is 0 Å². The first-order valence-corrected chi connectivity index (χ1v) is 4.99. The molecule has 1 N–H and O–H groups in total. The van der Waals surface area contributed by atoms with Crippen molar-refractivity contribution in [2.75, 3.05) is 5.32 Å². The number of nitriles is 1. The van der Waals surface area contributed by atoms with Gasteiger partial charge >= 0.3 is 0 Å². The number of halogens is 4. The van der Waals surface area contributed by atoms with E-state index in [-0.39, 0.29) is 17.4 Å². The highest BCUT2D eigenvalue weighted by molar-refractivity contribution is 5.61. The molecule has 0 radical (unpaired) electrons. The molecule has 0 aliphatic carbocycles. The maximum atomic E-state index is 13.4. The minimum Gasteiger partial charge on any atom is -0.350 e. The van der Waals surface area contributed by atoms with Crippen molar-refractivity contribution in [3.63, 3.8) is 0 Å². The van der Waals surface area contributed by atoms with Gasteiger partial charge in [-0.15, -0.1) is 0 Å². The molecule has 0 spiro atoms. The number of nitrogens with zero attached hydrogens (tertiary/aromatic N) is 2. The Morgan fingerprint density at radius 2 is 1.68 bits per heavy atom. The summed E-state index contributed by atoms with van der Waals surface area (Å²) in [5.74, 6) is -6.13. The number of rotatable bonds is 2. The van der Waals surface area contributed by atoms with E-state index in [9.17, 15) is 17.6 Å². The van der Waals surface area contributed by atoms with Crippen LogP contribution >= 0.6 is 0 Å². The van der Waals surface area contributed by atoms with Gasteiger partial charge in [-0.05, 0) is 12.1 Å². The minimum atomic E-state index is -1.55. The lowest BCUT2D eigenvalue weighted by molar-refractivity contribution is 0.459. The zero-order valence-electron chi connectivity index (χ0n) is 9.22. The Balaban J connectivity index is 2.46. The van der Waals surface area contributed by atoms with Gasteiger partial charge in [0.2, 0.25) is 0 Å². The van der Waals surface area contributed by atoms with Crippen LogP contribution in [0.25, 0.3) is 0 Å². The fourth-order valence-corrected chi connectivity index (χ4v) is 1.40. The molecule has 0 amide bonds. The highest BCUT2D eigenvalue weighted by Crippen LogP contribution is 2.27. The van der Waals surface area contributed by atoms with E-state index in [4.69, 9.17) is 5.26 Å². The van der Waals surface area contributed by atoms with Crippen LogP contribution in [0.3, 0.4) is 0 Å². The summed E-state index contributed by atoms with van der Waals surface area (Å²) in [6.07, 6.45) is 1.21. The summed E-state index contributed by atoms with van der Waals surface area (Å²) in [6.45, 7) is 0. The molecular formula is C12H5F4N3. The number of benzene rings is 1. The maximum Gasteiger partial charge on any atom is 0.185 e. The van der Waals surface area contributed by atoms with Crippen molar-refractivity contribution < 1.29 is 17.6 Å². The lowest BCUT2D eigenvalue weighted by atomic mass is 10.2. The third kappa shape index (κ3) is 2.47. The molecule has 96 valence electrons. The second-order valence-corrected chi connectivity index (χ2v) is 3.51. The summed E-state index contributed by atoms with van der Waals surface area (Å²) in [5.41, 5.74) is -0.898. The molecule has 1 aromatic heterocycles. The van der Waals surface area contributed by atoms with Crippen molar-refractivity contribution in [1.29, 1.82) is 5.26 Å². The Hall–Kier alpha value is -2.62. The molecule has 1 aromatic carbocycles. The Labute approximate surface area is 105 Å². The molecule has 2 rings (SSSR count). The number of anilines is 2. The molecule has 0 atom stereocenters. The van der Waals surface area contributed by atoms with Crippen molar-refractivity contribution in [2.24, 2.45) is 0 Å². The molecule has 2 aromatic rings. The van der Waals surface area contributed by atoms with Gasteiger partial charge in [0, 0.05) is 18.0 Å². The Morgan fingerprint density at radius 3 is 2.26 bits per heavy atom. The van der Waals surface area contributed by atoms with E-state index < -0.39 is 29.0 Å². The smallest absolute Gasteiger partial charge is 0.185 e. The van der Waals surface area contributed by atoms with E-state index in [0.717, 1.165) is 0 Å². The van der Waals surface area contributed by atoms with Gasteiger partial charge in [0.25, 0.3) is 0 Å². The number of hydrogen-bond donors (Lipinski definition) is 1. The predicted octanol–water partition coefficient (Wildman–Crippen LogP) is 3.25. The van der Waals surface area contributed by atoms with E-state index in [2.05, 4.69) is 10.3 Å². The summed E-state index contributed by atoms with van der Waals surface area (Å²) < 4.78 is 52.7. The van der Waals surface area contributed by atoms with Crippen LogP contribution < -0.4 is 5.32 Å². The normalized spacial score (nSPS) is 10.1. The summed E-state index contributed by atoms with van der Waals surface area (Å²) in [4.78, 5) is 3.64. The standard InChI is InChI=1S/C12H5F4N3/c13-8-4-9(14)11(16)12(10(8)15)19-6-1-2-18-7(3-6)5-17/h1-4H,(H,18,19). The van der Waals surface area contributed by atoms with Crippen LogP contribution in [-0.4, -0.2) is 4.98 Å². The van der Waals surface area contributed by atoms with Crippen LogP contribution in [0.4, 0.5) is 28.9 Å². The summed E-state index contributed by atoms with van der Waals surface area (Å²) >= 11 is 0. The highest BCUT2D eigenvalue weighted by atomic mass is 19.2. The highest BCUT2D eigenvalue weighted by Gasteiger charge is 2.19. The Morgan fingerprint density at radius 1 is 1.05 bits per heavy atom. The van der Waals surface area contributed by atoms with E-state index in [1.165, 1.54) is 18.3 Å². The number of aromatic nitrogens is 1. The summed E-state index contributed by atoms with van der Waals surface area (Å²) in [5, 5.41) is 10.8. The van der Waals surface area contributed by atoms with E-state index >= 15 is 0 Å². The van der Waals surface area contributed by atoms with Crippen molar-refractivity contribution in [2.45, 2.75) is 0 Å². The quantitative estimate of drug-likeness (QED) is 0.671. The molecular weight excluding hydrogens is 262 g/mol. The molecule has 19 heavy (non-hydrogen) atoms. The monoisotopic (exact) mass is 267 g/mol. The van der Waals surface area contributed by atoms with Gasteiger partial charge in [0.05, 0.1) is 0 Å². The molecule has 7 heteroatoms. The molecule has 0 unspecified atom stereocenters. The van der Waals surface area contributed by atoms with Gasteiger partial charge in [0.1, 0.15) is 17.5 Å². The number of hydrogen-bond acceptors (Lipinski definition) is 3. The largest absolute Gasteiger partial charge is 0.350 e. The molecule has 0 bridgehead atoms.